The van der Waals surface area contributed by atoms with Gasteiger partial charge in [0.25, 0.3) is 0 Å². The van der Waals surface area contributed by atoms with Crippen LogP contribution in [0.3, 0.4) is 0 Å². The van der Waals surface area contributed by atoms with E-state index in [1.54, 1.807) is 7.11 Å². The summed E-state index contributed by atoms with van der Waals surface area (Å²) in [5.74, 6) is 1.75. The predicted octanol–water partition coefficient (Wildman–Crippen LogP) is 1.08. The van der Waals surface area contributed by atoms with E-state index in [4.69, 9.17) is 14.2 Å². The van der Waals surface area contributed by atoms with Crippen molar-refractivity contribution in [1.29, 1.82) is 0 Å². The highest BCUT2D eigenvalue weighted by Crippen LogP contribution is 2.33. The minimum absolute atomic E-state index is 0.106. The van der Waals surface area contributed by atoms with E-state index in [2.05, 4.69) is 5.32 Å². The quantitative estimate of drug-likeness (QED) is 0.807. The molecule has 5 nitrogen and oxygen atoms in total. The lowest BCUT2D eigenvalue weighted by Gasteiger charge is -2.14. The molecule has 0 spiro atoms. The second kappa shape index (κ2) is 5.09. The van der Waals surface area contributed by atoms with Crippen molar-refractivity contribution < 1.29 is 19.0 Å². The van der Waals surface area contributed by atoms with Crippen molar-refractivity contribution in [2.75, 3.05) is 26.9 Å². The molecule has 102 valence electrons. The summed E-state index contributed by atoms with van der Waals surface area (Å²) in [5.41, 5.74) is 1.10. The van der Waals surface area contributed by atoms with Gasteiger partial charge in [0.15, 0.2) is 11.5 Å². The van der Waals surface area contributed by atoms with E-state index in [0.717, 1.165) is 17.9 Å². The average molecular weight is 263 g/mol. The average Bonchev–Trinajstić information content (AvgIpc) is 3.16. The van der Waals surface area contributed by atoms with E-state index >= 15 is 0 Å². The highest BCUT2D eigenvalue weighted by atomic mass is 16.6. The molecule has 1 aromatic carbocycles. The molecule has 0 radical (unpaired) electrons. The lowest BCUT2D eigenvalue weighted by atomic mass is 9.98. The number of amides is 1. The van der Waals surface area contributed by atoms with Crippen LogP contribution in [0.15, 0.2) is 18.2 Å². The fraction of sp³-hybridized carbons (Fsp3) is 0.500. The van der Waals surface area contributed by atoms with Gasteiger partial charge in [0.05, 0.1) is 13.7 Å². The van der Waals surface area contributed by atoms with Crippen LogP contribution in [-0.2, 0) is 9.53 Å². The van der Waals surface area contributed by atoms with Gasteiger partial charge in [0.1, 0.15) is 12.7 Å². The maximum atomic E-state index is 11.3. The zero-order valence-corrected chi connectivity index (χ0v) is 10.8. The Morgan fingerprint density at radius 3 is 2.89 bits per heavy atom. The Kier molecular flexibility index (Phi) is 3.29. The van der Waals surface area contributed by atoms with E-state index in [9.17, 15) is 4.79 Å². The van der Waals surface area contributed by atoms with Gasteiger partial charge in [-0.2, -0.15) is 0 Å². The third-order valence-electron chi connectivity index (χ3n) is 3.46. The molecule has 1 aromatic rings. The smallest absolute Gasteiger partial charge is 0.220 e. The van der Waals surface area contributed by atoms with E-state index in [1.807, 2.05) is 18.2 Å². The van der Waals surface area contributed by atoms with Gasteiger partial charge in [0, 0.05) is 18.9 Å². The minimum atomic E-state index is 0.106. The molecule has 3 rings (SSSR count). The van der Waals surface area contributed by atoms with Gasteiger partial charge in [-0.15, -0.1) is 0 Å². The normalized spacial score (nSPS) is 25.0. The number of benzene rings is 1. The van der Waals surface area contributed by atoms with Crippen molar-refractivity contribution in [3.8, 4) is 11.5 Å². The summed E-state index contributed by atoms with van der Waals surface area (Å²) in [5, 5.41) is 2.85. The van der Waals surface area contributed by atoms with Crippen molar-refractivity contribution in [2.45, 2.75) is 18.4 Å². The van der Waals surface area contributed by atoms with Crippen LogP contribution in [0.2, 0.25) is 0 Å². The second-order valence-corrected chi connectivity index (χ2v) is 4.88. The number of nitrogens with one attached hydrogen (secondary N) is 1. The van der Waals surface area contributed by atoms with Crippen molar-refractivity contribution in [2.24, 2.45) is 0 Å². The number of carbonyl (C=O) groups is 1. The number of methoxy groups -OCH3 is 1. The van der Waals surface area contributed by atoms with Crippen LogP contribution in [0.5, 0.6) is 11.5 Å². The number of ether oxygens (including phenoxy) is 3. The standard InChI is InChI=1S/C14H17NO4/c1-17-12-3-2-9(10-5-14(16)15-6-10)4-13(12)19-8-11-7-18-11/h2-4,10-11H,5-8H2,1H3,(H,15,16). The molecule has 5 heteroatoms. The van der Waals surface area contributed by atoms with E-state index in [0.29, 0.717) is 25.3 Å². The lowest BCUT2D eigenvalue weighted by molar-refractivity contribution is -0.119. The van der Waals surface area contributed by atoms with Gasteiger partial charge in [-0.1, -0.05) is 6.07 Å². The molecule has 1 amide bonds. The number of rotatable bonds is 5. The summed E-state index contributed by atoms with van der Waals surface area (Å²) in [7, 11) is 1.62. The van der Waals surface area contributed by atoms with Crippen LogP contribution in [0.25, 0.3) is 0 Å². The third-order valence-corrected chi connectivity index (χ3v) is 3.46. The Bertz CT molecular complexity index is 484. The van der Waals surface area contributed by atoms with Gasteiger partial charge < -0.3 is 19.5 Å². The molecule has 2 saturated heterocycles. The number of carbonyl (C=O) groups excluding carboxylic acids is 1. The van der Waals surface area contributed by atoms with Crippen LogP contribution in [0.1, 0.15) is 17.9 Å². The number of hydrogen-bond acceptors (Lipinski definition) is 4. The van der Waals surface area contributed by atoms with Crippen molar-refractivity contribution in [1.82, 2.24) is 5.32 Å². The first-order chi connectivity index (χ1) is 9.26. The van der Waals surface area contributed by atoms with E-state index < -0.39 is 0 Å². The summed E-state index contributed by atoms with van der Waals surface area (Å²) in [6, 6.07) is 5.84. The monoisotopic (exact) mass is 263 g/mol. The largest absolute Gasteiger partial charge is 0.493 e. The summed E-state index contributed by atoms with van der Waals surface area (Å²) in [6.07, 6.45) is 0.750. The van der Waals surface area contributed by atoms with Gasteiger partial charge in [-0.25, -0.2) is 0 Å². The molecule has 0 aromatic heterocycles. The third kappa shape index (κ3) is 2.81. The zero-order chi connectivity index (χ0) is 13.2. The number of hydrogen-bond donors (Lipinski definition) is 1. The van der Waals surface area contributed by atoms with Crippen molar-refractivity contribution >= 4 is 5.91 Å². The Hall–Kier alpha value is -1.75. The van der Waals surface area contributed by atoms with Crippen LogP contribution in [0, 0.1) is 0 Å². The Labute approximate surface area is 111 Å². The van der Waals surface area contributed by atoms with Crippen molar-refractivity contribution in [3.63, 3.8) is 0 Å². The summed E-state index contributed by atoms with van der Waals surface area (Å²) >= 11 is 0. The van der Waals surface area contributed by atoms with Crippen LogP contribution >= 0.6 is 0 Å². The van der Waals surface area contributed by atoms with E-state index in [1.165, 1.54) is 0 Å². The first-order valence-corrected chi connectivity index (χ1v) is 6.45. The molecule has 2 aliphatic heterocycles. The fourth-order valence-corrected chi connectivity index (χ4v) is 2.25. The lowest BCUT2D eigenvalue weighted by Crippen LogP contribution is -2.13. The molecule has 1 N–H and O–H groups in total. The topological polar surface area (TPSA) is 60.1 Å². The molecule has 19 heavy (non-hydrogen) atoms. The Morgan fingerprint density at radius 2 is 2.26 bits per heavy atom. The first kappa shape index (κ1) is 12.3. The Morgan fingerprint density at radius 1 is 1.42 bits per heavy atom. The molecule has 2 unspecified atom stereocenters. The minimum Gasteiger partial charge on any atom is -0.493 e. The molecule has 0 saturated carbocycles. The highest BCUT2D eigenvalue weighted by molar-refractivity contribution is 5.79. The predicted molar refractivity (Wildman–Crippen MR) is 68.6 cm³/mol. The van der Waals surface area contributed by atoms with Gasteiger partial charge in [-0.3, -0.25) is 4.79 Å². The Balaban J connectivity index is 1.76. The molecule has 0 aliphatic carbocycles. The maximum Gasteiger partial charge on any atom is 0.220 e. The highest BCUT2D eigenvalue weighted by Gasteiger charge is 2.26. The molecule has 0 bridgehead atoms. The van der Waals surface area contributed by atoms with Gasteiger partial charge in [0.2, 0.25) is 5.91 Å². The molecule has 2 fully saturated rings. The molecule has 2 heterocycles. The van der Waals surface area contributed by atoms with Gasteiger partial charge in [-0.05, 0) is 17.7 Å². The summed E-state index contributed by atoms with van der Waals surface area (Å²) in [6.45, 7) is 2.00. The molecular weight excluding hydrogens is 246 g/mol. The summed E-state index contributed by atoms with van der Waals surface area (Å²) in [4.78, 5) is 11.3. The zero-order valence-electron chi connectivity index (χ0n) is 10.8. The molecular formula is C14H17NO4. The first-order valence-electron chi connectivity index (χ1n) is 6.45. The van der Waals surface area contributed by atoms with Crippen molar-refractivity contribution in [3.05, 3.63) is 23.8 Å². The molecule has 2 atom stereocenters. The fourth-order valence-electron chi connectivity index (χ4n) is 2.25. The van der Waals surface area contributed by atoms with Crippen LogP contribution < -0.4 is 14.8 Å². The SMILES string of the molecule is COc1ccc(C2CNC(=O)C2)cc1OCC1CO1. The summed E-state index contributed by atoms with van der Waals surface area (Å²) < 4.78 is 16.1. The van der Waals surface area contributed by atoms with Crippen LogP contribution in [0.4, 0.5) is 0 Å². The maximum absolute atomic E-state index is 11.3. The molecule has 2 aliphatic rings. The van der Waals surface area contributed by atoms with Gasteiger partial charge >= 0.3 is 0 Å². The second-order valence-electron chi connectivity index (χ2n) is 4.88. The number of epoxide rings is 1. The van der Waals surface area contributed by atoms with Crippen LogP contribution in [-0.4, -0.2) is 38.9 Å². The van der Waals surface area contributed by atoms with E-state index in [-0.39, 0.29) is 17.9 Å².